The summed E-state index contributed by atoms with van der Waals surface area (Å²) in [5.41, 5.74) is 2.22. The standard InChI is InChI=1S/C22H20F3N9/c1-33-20(29-15-4-2-13(3-5-15)16-8-28-31-17(16)23)30-18(32-33)14-6-26-19(27-7-14)34-11-21(12-34)9-22(24,25)10-21/h2-8H,9-12H2,1H3,(H,28,31)(H,29,30,32). The Hall–Kier alpha value is -3.96. The Labute approximate surface area is 192 Å². The molecule has 1 aliphatic heterocycles. The lowest BCUT2D eigenvalue weighted by Crippen LogP contribution is -2.66. The van der Waals surface area contributed by atoms with Crippen LogP contribution in [0.1, 0.15) is 12.8 Å². The summed E-state index contributed by atoms with van der Waals surface area (Å²) in [6.45, 7) is 1.12. The number of nitrogens with zero attached hydrogens (tertiary/aromatic N) is 7. The first-order chi connectivity index (χ1) is 16.3. The molecule has 2 N–H and O–H groups in total. The Bertz CT molecular complexity index is 1330. The first-order valence-electron chi connectivity index (χ1n) is 10.7. The van der Waals surface area contributed by atoms with Crippen molar-refractivity contribution >= 4 is 17.6 Å². The van der Waals surface area contributed by atoms with Gasteiger partial charge in [0.15, 0.2) is 5.82 Å². The van der Waals surface area contributed by atoms with Crippen LogP contribution in [0.4, 0.5) is 30.8 Å². The van der Waals surface area contributed by atoms with E-state index in [9.17, 15) is 13.2 Å². The van der Waals surface area contributed by atoms with Gasteiger partial charge < -0.3 is 10.2 Å². The molecule has 2 fully saturated rings. The zero-order valence-electron chi connectivity index (χ0n) is 18.1. The second kappa shape index (κ2) is 7.27. The molecule has 1 saturated heterocycles. The van der Waals surface area contributed by atoms with Crippen molar-refractivity contribution in [1.29, 1.82) is 0 Å². The van der Waals surface area contributed by atoms with Crippen LogP contribution in [-0.2, 0) is 7.05 Å². The van der Waals surface area contributed by atoms with Gasteiger partial charge in [0.2, 0.25) is 23.8 Å². The largest absolute Gasteiger partial charge is 0.340 e. The Balaban J connectivity index is 1.12. The monoisotopic (exact) mass is 467 g/mol. The van der Waals surface area contributed by atoms with Gasteiger partial charge in [0.05, 0.1) is 17.3 Å². The minimum atomic E-state index is -2.52. The number of anilines is 3. The number of hydrogen-bond acceptors (Lipinski definition) is 7. The molecule has 1 aromatic carbocycles. The molecule has 0 unspecified atom stereocenters. The molecule has 9 nitrogen and oxygen atoms in total. The van der Waals surface area contributed by atoms with Crippen molar-refractivity contribution in [2.24, 2.45) is 12.5 Å². The predicted molar refractivity (Wildman–Crippen MR) is 118 cm³/mol. The fraction of sp³-hybridized carbons (Fsp3) is 0.318. The topological polar surface area (TPSA) is 100 Å². The Kier molecular flexibility index (Phi) is 4.41. The van der Waals surface area contributed by atoms with Gasteiger partial charge in [-0.1, -0.05) is 12.1 Å². The lowest BCUT2D eigenvalue weighted by Gasteiger charge is -2.58. The molecule has 6 rings (SSSR count). The summed E-state index contributed by atoms with van der Waals surface area (Å²) >= 11 is 0. The first kappa shape index (κ1) is 20.6. The highest BCUT2D eigenvalue weighted by molar-refractivity contribution is 5.67. The van der Waals surface area contributed by atoms with Gasteiger partial charge in [-0.15, -0.1) is 5.10 Å². The van der Waals surface area contributed by atoms with Crippen LogP contribution in [0.5, 0.6) is 0 Å². The van der Waals surface area contributed by atoms with Crippen LogP contribution in [0.25, 0.3) is 22.5 Å². The number of rotatable bonds is 5. The molecule has 1 saturated carbocycles. The maximum atomic E-state index is 13.7. The highest BCUT2D eigenvalue weighted by Crippen LogP contribution is 2.57. The average molecular weight is 467 g/mol. The van der Waals surface area contributed by atoms with E-state index < -0.39 is 11.9 Å². The van der Waals surface area contributed by atoms with Gasteiger partial charge in [-0.05, 0) is 17.7 Å². The van der Waals surface area contributed by atoms with Gasteiger partial charge in [-0.2, -0.15) is 14.5 Å². The van der Waals surface area contributed by atoms with E-state index in [2.05, 4.69) is 35.6 Å². The molecule has 1 aliphatic carbocycles. The van der Waals surface area contributed by atoms with Crippen LogP contribution in [0.2, 0.25) is 0 Å². The lowest BCUT2D eigenvalue weighted by atomic mass is 9.61. The van der Waals surface area contributed by atoms with E-state index in [0.29, 0.717) is 47.5 Å². The maximum absolute atomic E-state index is 13.7. The molecule has 34 heavy (non-hydrogen) atoms. The molecule has 0 bridgehead atoms. The molecule has 0 atom stereocenters. The molecule has 4 aromatic rings. The number of H-pyrrole nitrogens is 1. The number of benzene rings is 1. The van der Waals surface area contributed by atoms with E-state index in [1.807, 2.05) is 17.0 Å². The third kappa shape index (κ3) is 3.55. The lowest BCUT2D eigenvalue weighted by molar-refractivity contribution is -0.170. The Morgan fingerprint density at radius 1 is 1.00 bits per heavy atom. The number of hydrogen-bond donors (Lipinski definition) is 2. The molecule has 3 aromatic heterocycles. The van der Waals surface area contributed by atoms with E-state index in [1.165, 1.54) is 6.20 Å². The third-order valence-corrected chi connectivity index (χ3v) is 6.31. The molecule has 4 heterocycles. The second-order valence-corrected chi connectivity index (χ2v) is 9.02. The van der Waals surface area contributed by atoms with Crippen molar-refractivity contribution in [2.75, 3.05) is 23.3 Å². The number of aromatic nitrogens is 7. The highest BCUT2D eigenvalue weighted by atomic mass is 19.3. The van der Waals surface area contributed by atoms with E-state index in [-0.39, 0.29) is 18.3 Å². The number of halogens is 3. The van der Waals surface area contributed by atoms with Crippen LogP contribution in [0, 0.1) is 11.4 Å². The van der Waals surface area contributed by atoms with Gasteiger partial charge in [-0.3, -0.25) is 5.10 Å². The van der Waals surface area contributed by atoms with Gasteiger partial charge in [0, 0.05) is 56.5 Å². The van der Waals surface area contributed by atoms with Gasteiger partial charge in [0.1, 0.15) is 0 Å². The summed E-state index contributed by atoms with van der Waals surface area (Å²) in [6.07, 6.45) is 4.61. The third-order valence-electron chi connectivity index (χ3n) is 6.31. The number of alkyl halides is 2. The van der Waals surface area contributed by atoms with Crippen LogP contribution in [0.15, 0.2) is 42.9 Å². The zero-order valence-corrected chi connectivity index (χ0v) is 18.1. The van der Waals surface area contributed by atoms with Crippen molar-refractivity contribution in [2.45, 2.75) is 18.8 Å². The number of aromatic amines is 1. The Morgan fingerprint density at radius 3 is 2.32 bits per heavy atom. The molecule has 174 valence electrons. The quantitative estimate of drug-likeness (QED) is 0.461. The average Bonchev–Trinajstić information content (AvgIpc) is 3.36. The van der Waals surface area contributed by atoms with E-state index in [4.69, 9.17) is 0 Å². The molecule has 0 radical (unpaired) electrons. The normalized spacial score (nSPS) is 17.9. The van der Waals surface area contributed by atoms with E-state index >= 15 is 0 Å². The molecular weight excluding hydrogens is 447 g/mol. The molecule has 1 spiro atoms. The van der Waals surface area contributed by atoms with E-state index in [1.54, 1.807) is 36.3 Å². The maximum Gasteiger partial charge on any atom is 0.249 e. The summed E-state index contributed by atoms with van der Waals surface area (Å²) in [5, 5.41) is 13.6. The summed E-state index contributed by atoms with van der Waals surface area (Å²) in [7, 11) is 1.76. The van der Waals surface area contributed by atoms with Crippen LogP contribution < -0.4 is 10.2 Å². The van der Waals surface area contributed by atoms with Crippen molar-refractivity contribution in [1.82, 2.24) is 34.9 Å². The van der Waals surface area contributed by atoms with E-state index in [0.717, 1.165) is 5.69 Å². The van der Waals surface area contributed by atoms with Crippen molar-refractivity contribution in [3.8, 4) is 22.5 Å². The minimum Gasteiger partial charge on any atom is -0.340 e. The van der Waals surface area contributed by atoms with Gasteiger partial charge in [0.25, 0.3) is 0 Å². The molecule has 2 aliphatic rings. The zero-order chi connectivity index (χ0) is 23.5. The van der Waals surface area contributed by atoms with Crippen molar-refractivity contribution < 1.29 is 13.2 Å². The predicted octanol–water partition coefficient (Wildman–Crippen LogP) is 3.78. The first-order valence-corrected chi connectivity index (χ1v) is 10.7. The molecule has 12 heteroatoms. The van der Waals surface area contributed by atoms with Crippen molar-refractivity contribution in [3.05, 3.63) is 48.8 Å². The minimum absolute atomic E-state index is 0.0504. The SMILES string of the molecule is Cn1nc(-c2cnc(N3CC4(C3)CC(F)(F)C4)nc2)nc1Nc1ccc(-c2cn[nH]c2F)cc1. The number of aryl methyl sites for hydroxylation is 1. The summed E-state index contributed by atoms with van der Waals surface area (Å²) in [4.78, 5) is 15.2. The summed E-state index contributed by atoms with van der Waals surface area (Å²) < 4.78 is 41.7. The van der Waals surface area contributed by atoms with Gasteiger partial charge in [-0.25, -0.2) is 23.4 Å². The number of nitrogens with one attached hydrogen (secondary N) is 2. The molecular formula is C22H20F3N9. The molecule has 0 amide bonds. The Morgan fingerprint density at radius 2 is 1.71 bits per heavy atom. The van der Waals surface area contributed by atoms with Crippen molar-refractivity contribution in [3.63, 3.8) is 0 Å². The van der Waals surface area contributed by atoms with Gasteiger partial charge >= 0.3 is 0 Å². The van der Waals surface area contributed by atoms with Crippen LogP contribution in [0.3, 0.4) is 0 Å². The fourth-order valence-corrected chi connectivity index (χ4v) is 4.72. The summed E-state index contributed by atoms with van der Waals surface area (Å²) in [5.74, 6) is -1.52. The highest BCUT2D eigenvalue weighted by Gasteiger charge is 2.62. The van der Waals surface area contributed by atoms with Crippen LogP contribution in [-0.4, -0.2) is 53.9 Å². The fourth-order valence-electron chi connectivity index (χ4n) is 4.72. The smallest absolute Gasteiger partial charge is 0.249 e. The second-order valence-electron chi connectivity index (χ2n) is 9.02. The summed E-state index contributed by atoms with van der Waals surface area (Å²) in [6, 6.07) is 7.19. The van der Waals surface area contributed by atoms with Crippen LogP contribution >= 0.6 is 0 Å².